The molecule has 0 saturated carbocycles. The molecule has 1 aliphatic rings. The molecule has 0 saturated heterocycles. The Morgan fingerprint density at radius 1 is 1.13 bits per heavy atom. The number of hydrogen-bond acceptors (Lipinski definition) is 7. The summed E-state index contributed by atoms with van der Waals surface area (Å²) in [6, 6.07) is 13.6. The molecule has 9 heteroatoms. The number of amides is 1. The van der Waals surface area contributed by atoms with Crippen LogP contribution in [0.4, 0.5) is 5.69 Å². The number of ether oxygens (including phenoxy) is 2. The summed E-state index contributed by atoms with van der Waals surface area (Å²) in [6.45, 7) is 2.67. The summed E-state index contributed by atoms with van der Waals surface area (Å²) in [7, 11) is 0. The molecule has 4 rings (SSSR count). The van der Waals surface area contributed by atoms with Crippen molar-refractivity contribution >= 4 is 17.8 Å². The van der Waals surface area contributed by atoms with E-state index >= 15 is 0 Å². The van der Waals surface area contributed by atoms with E-state index in [1.165, 1.54) is 12.3 Å². The van der Waals surface area contributed by atoms with Crippen molar-refractivity contribution in [1.29, 1.82) is 0 Å². The molecule has 2 aromatic carbocycles. The number of hydrazone groups is 1. The average Bonchev–Trinajstić information content (AvgIpc) is 3.22. The van der Waals surface area contributed by atoms with Crippen molar-refractivity contribution in [3.8, 4) is 22.8 Å². The molecule has 0 spiro atoms. The largest absolute Gasteiger partial charge is 0.486 e. The van der Waals surface area contributed by atoms with E-state index in [0.717, 1.165) is 5.56 Å². The van der Waals surface area contributed by atoms with Gasteiger partial charge in [0, 0.05) is 17.2 Å². The number of nitro benzene ring substituents is 1. The summed E-state index contributed by atoms with van der Waals surface area (Å²) in [5.74, 6) is 1.86. The van der Waals surface area contributed by atoms with Crippen LogP contribution in [0, 0.1) is 17.0 Å². The molecule has 0 bridgehead atoms. The standard InChI is InChI=1S/C22H19N3O6/c1-14-2-4-16(12-18(14)25(27)28)19-7-5-17(31-19)13-23-24-22(26)11-15-3-6-20-21(10-15)30-9-8-29-20/h2-7,10,12-13H,8-9,11H2,1H3,(H,24,26)/b23-13-. The van der Waals surface area contributed by atoms with Crippen molar-refractivity contribution in [3.05, 3.63) is 75.5 Å². The van der Waals surface area contributed by atoms with Gasteiger partial charge in [-0.1, -0.05) is 18.2 Å². The quantitative estimate of drug-likeness (QED) is 0.369. The number of furan rings is 1. The van der Waals surface area contributed by atoms with Gasteiger partial charge in [0.25, 0.3) is 5.69 Å². The first-order valence-electron chi connectivity index (χ1n) is 9.55. The first-order valence-corrected chi connectivity index (χ1v) is 9.55. The van der Waals surface area contributed by atoms with Crippen LogP contribution in [0.15, 0.2) is 58.0 Å². The number of fused-ring (bicyclic) bond motifs is 1. The molecular weight excluding hydrogens is 402 g/mol. The normalized spacial score (nSPS) is 12.7. The highest BCUT2D eigenvalue weighted by Crippen LogP contribution is 2.31. The summed E-state index contributed by atoms with van der Waals surface area (Å²) >= 11 is 0. The summed E-state index contributed by atoms with van der Waals surface area (Å²) < 4.78 is 16.6. The van der Waals surface area contributed by atoms with E-state index < -0.39 is 4.92 Å². The Bertz CT molecular complexity index is 1170. The maximum Gasteiger partial charge on any atom is 0.273 e. The molecule has 158 valence electrons. The lowest BCUT2D eigenvalue weighted by atomic mass is 10.1. The van der Waals surface area contributed by atoms with Crippen LogP contribution >= 0.6 is 0 Å². The Hall–Kier alpha value is -4.14. The third-order valence-electron chi connectivity index (χ3n) is 4.67. The molecule has 1 amide bonds. The molecule has 1 aromatic heterocycles. The number of carbonyl (C=O) groups is 1. The molecule has 0 fully saturated rings. The van der Waals surface area contributed by atoms with Crippen molar-refractivity contribution in [2.75, 3.05) is 13.2 Å². The molecule has 31 heavy (non-hydrogen) atoms. The highest BCUT2D eigenvalue weighted by Gasteiger charge is 2.14. The van der Waals surface area contributed by atoms with E-state index in [0.29, 0.717) is 47.4 Å². The van der Waals surface area contributed by atoms with E-state index in [9.17, 15) is 14.9 Å². The number of carbonyl (C=O) groups excluding carboxylic acids is 1. The second-order valence-corrected chi connectivity index (χ2v) is 6.91. The first kappa shape index (κ1) is 20.1. The van der Waals surface area contributed by atoms with Gasteiger partial charge in [-0.15, -0.1) is 0 Å². The second kappa shape index (κ2) is 8.70. The summed E-state index contributed by atoms with van der Waals surface area (Å²) in [4.78, 5) is 22.8. The highest BCUT2D eigenvalue weighted by molar-refractivity contribution is 5.82. The molecule has 0 atom stereocenters. The zero-order chi connectivity index (χ0) is 21.8. The fraction of sp³-hybridized carbons (Fsp3) is 0.182. The molecule has 1 aliphatic heterocycles. The Labute approximate surface area is 177 Å². The van der Waals surface area contributed by atoms with Crippen molar-refractivity contribution < 1.29 is 23.6 Å². The van der Waals surface area contributed by atoms with Crippen LogP contribution in [-0.2, 0) is 11.2 Å². The van der Waals surface area contributed by atoms with Gasteiger partial charge in [0.2, 0.25) is 5.91 Å². The highest BCUT2D eigenvalue weighted by atomic mass is 16.6. The number of aryl methyl sites for hydroxylation is 1. The lowest BCUT2D eigenvalue weighted by molar-refractivity contribution is -0.385. The van der Waals surface area contributed by atoms with Gasteiger partial charge in [-0.05, 0) is 36.8 Å². The minimum absolute atomic E-state index is 0.0236. The zero-order valence-electron chi connectivity index (χ0n) is 16.7. The topological polar surface area (TPSA) is 116 Å². The molecular formula is C22H19N3O6. The van der Waals surface area contributed by atoms with Crippen molar-refractivity contribution in [1.82, 2.24) is 5.43 Å². The Morgan fingerprint density at radius 2 is 1.94 bits per heavy atom. The van der Waals surface area contributed by atoms with Crippen LogP contribution in [0.2, 0.25) is 0 Å². The third kappa shape index (κ3) is 4.72. The van der Waals surface area contributed by atoms with E-state index in [4.69, 9.17) is 13.9 Å². The van der Waals surface area contributed by atoms with E-state index in [1.54, 1.807) is 49.4 Å². The third-order valence-corrected chi connectivity index (χ3v) is 4.67. The lowest BCUT2D eigenvalue weighted by Gasteiger charge is -2.18. The monoisotopic (exact) mass is 421 g/mol. The Balaban J connectivity index is 1.37. The van der Waals surface area contributed by atoms with E-state index in [2.05, 4.69) is 10.5 Å². The van der Waals surface area contributed by atoms with Crippen LogP contribution in [0.1, 0.15) is 16.9 Å². The average molecular weight is 421 g/mol. The van der Waals surface area contributed by atoms with Crippen LogP contribution in [0.25, 0.3) is 11.3 Å². The maximum atomic E-state index is 12.1. The molecule has 0 radical (unpaired) electrons. The maximum absolute atomic E-state index is 12.1. The number of nitrogens with zero attached hydrogens (tertiary/aromatic N) is 2. The van der Waals surface area contributed by atoms with Gasteiger partial charge in [0.1, 0.15) is 24.7 Å². The van der Waals surface area contributed by atoms with Gasteiger partial charge in [0.05, 0.1) is 17.6 Å². The summed E-state index contributed by atoms with van der Waals surface area (Å²) in [5, 5.41) is 15.0. The Kier molecular flexibility index (Phi) is 5.65. The van der Waals surface area contributed by atoms with Gasteiger partial charge in [-0.3, -0.25) is 14.9 Å². The number of rotatable bonds is 6. The smallest absolute Gasteiger partial charge is 0.273 e. The van der Waals surface area contributed by atoms with Gasteiger partial charge >= 0.3 is 0 Å². The van der Waals surface area contributed by atoms with E-state index in [-0.39, 0.29) is 18.0 Å². The predicted molar refractivity (Wildman–Crippen MR) is 112 cm³/mol. The molecule has 3 aromatic rings. The minimum Gasteiger partial charge on any atom is -0.486 e. The van der Waals surface area contributed by atoms with Gasteiger partial charge < -0.3 is 13.9 Å². The van der Waals surface area contributed by atoms with Crippen LogP contribution < -0.4 is 14.9 Å². The van der Waals surface area contributed by atoms with Crippen LogP contribution in [0.5, 0.6) is 11.5 Å². The number of benzene rings is 2. The van der Waals surface area contributed by atoms with Crippen molar-refractivity contribution in [2.45, 2.75) is 13.3 Å². The molecule has 2 heterocycles. The zero-order valence-corrected chi connectivity index (χ0v) is 16.7. The van der Waals surface area contributed by atoms with Gasteiger partial charge in [-0.2, -0.15) is 5.10 Å². The van der Waals surface area contributed by atoms with Gasteiger partial charge in [0.15, 0.2) is 11.5 Å². The number of nitro groups is 1. The number of hydrogen-bond donors (Lipinski definition) is 1. The lowest BCUT2D eigenvalue weighted by Crippen LogP contribution is -2.20. The predicted octanol–water partition coefficient (Wildman–Crippen LogP) is 3.63. The second-order valence-electron chi connectivity index (χ2n) is 6.91. The fourth-order valence-corrected chi connectivity index (χ4v) is 3.13. The summed E-state index contributed by atoms with van der Waals surface area (Å²) in [6.07, 6.45) is 1.50. The van der Waals surface area contributed by atoms with Crippen LogP contribution in [-0.4, -0.2) is 30.3 Å². The van der Waals surface area contributed by atoms with Crippen LogP contribution in [0.3, 0.4) is 0 Å². The first-order chi connectivity index (χ1) is 15.0. The number of nitrogens with one attached hydrogen (secondary N) is 1. The molecule has 0 aliphatic carbocycles. The minimum atomic E-state index is -0.429. The molecule has 9 nitrogen and oxygen atoms in total. The van der Waals surface area contributed by atoms with Gasteiger partial charge in [-0.25, -0.2) is 5.43 Å². The molecule has 1 N–H and O–H groups in total. The van der Waals surface area contributed by atoms with Crippen molar-refractivity contribution in [3.63, 3.8) is 0 Å². The van der Waals surface area contributed by atoms with Crippen molar-refractivity contribution in [2.24, 2.45) is 5.10 Å². The fourth-order valence-electron chi connectivity index (χ4n) is 3.13. The summed E-state index contributed by atoms with van der Waals surface area (Å²) in [5.41, 5.74) is 4.40. The molecule has 0 unspecified atom stereocenters. The SMILES string of the molecule is Cc1ccc(-c2ccc(/C=N\NC(=O)Cc3ccc4c(c3)OCCO4)o2)cc1[N+](=O)[O-]. The van der Waals surface area contributed by atoms with E-state index in [1.807, 2.05) is 0 Å². The Morgan fingerprint density at radius 3 is 2.74 bits per heavy atom.